The van der Waals surface area contributed by atoms with Crippen LogP contribution in [0, 0.1) is 44.1 Å². The molecule has 9 heteroatoms. The summed E-state index contributed by atoms with van der Waals surface area (Å²) in [5.41, 5.74) is 0. The maximum absolute atomic E-state index is 9.99. The van der Waals surface area contributed by atoms with E-state index in [0.29, 0.717) is 6.61 Å². The predicted molar refractivity (Wildman–Crippen MR) is 71.1 cm³/mol. The number of rotatable bonds is 4. The maximum atomic E-state index is 9.99. The van der Waals surface area contributed by atoms with Gasteiger partial charge in [0.25, 0.3) is 0 Å². The van der Waals surface area contributed by atoms with Crippen LogP contribution in [0.2, 0.25) is 6.82 Å². The first-order valence-electron chi connectivity index (χ1n) is 5.27. The normalized spacial score (nSPS) is 34.9. The molecule has 4 nitrogen and oxygen atoms in total. The standard InChI is InChI=1S/C8H18B2O4P2.Ac/c1-5-7(11)8(14-16(3)9)6(4-12-5)13-10(2)15;/h5-8,11H,4,15H2,1-3H3;/t5-,6+,7-,8-,16?;/m0./s1. The Kier molecular flexibility index (Phi) is 10.5. The molecule has 1 aliphatic rings. The van der Waals surface area contributed by atoms with E-state index in [1.165, 1.54) is 0 Å². The topological polar surface area (TPSA) is 47.9 Å². The van der Waals surface area contributed by atoms with Crippen molar-refractivity contribution in [1.29, 1.82) is 0 Å². The summed E-state index contributed by atoms with van der Waals surface area (Å²) in [6.07, 6.45) is -1.63. The summed E-state index contributed by atoms with van der Waals surface area (Å²) in [5.74, 6) is 0. The van der Waals surface area contributed by atoms with E-state index < -0.39 is 20.2 Å². The van der Waals surface area contributed by atoms with E-state index in [1.54, 1.807) is 6.66 Å². The summed E-state index contributed by atoms with van der Waals surface area (Å²) in [4.78, 5) is 0. The number of ether oxygens (including phenoxy) is 1. The van der Waals surface area contributed by atoms with Crippen LogP contribution in [0.1, 0.15) is 6.92 Å². The number of aliphatic hydroxyl groups is 1. The van der Waals surface area contributed by atoms with Gasteiger partial charge in [-0.2, -0.15) is 0 Å². The van der Waals surface area contributed by atoms with Crippen LogP contribution in [0.4, 0.5) is 0 Å². The molecule has 0 aromatic carbocycles. The fourth-order valence-electron chi connectivity index (χ4n) is 1.64. The van der Waals surface area contributed by atoms with Gasteiger partial charge in [-0.25, -0.2) is 0 Å². The molecule has 1 fully saturated rings. The monoisotopic (exact) mass is 489 g/mol. The summed E-state index contributed by atoms with van der Waals surface area (Å²) in [6.45, 7) is 5.93. The minimum Gasteiger partial charge on any atom is -0.424 e. The second-order valence-electron chi connectivity index (χ2n) is 4.02. The molecule has 0 bridgehead atoms. The molecule has 6 atom stereocenters. The second-order valence-corrected chi connectivity index (χ2v) is 6.27. The fourth-order valence-corrected chi connectivity index (χ4v) is 2.49. The van der Waals surface area contributed by atoms with Crippen molar-refractivity contribution in [2.24, 2.45) is 0 Å². The first kappa shape index (κ1) is 19.3. The molecule has 1 saturated heterocycles. The number of hydrogen-bond acceptors (Lipinski definition) is 4. The third-order valence-electron chi connectivity index (χ3n) is 2.38. The Morgan fingerprint density at radius 3 is 2.65 bits per heavy atom. The van der Waals surface area contributed by atoms with Crippen molar-refractivity contribution in [3.8, 4) is 0 Å². The van der Waals surface area contributed by atoms with Crippen LogP contribution in [0.3, 0.4) is 0 Å². The zero-order valence-electron chi connectivity index (χ0n) is 10.4. The van der Waals surface area contributed by atoms with Crippen molar-refractivity contribution >= 4 is 31.3 Å². The third-order valence-corrected chi connectivity index (χ3v) is 3.12. The van der Waals surface area contributed by atoms with Crippen LogP contribution in [0.5, 0.6) is 0 Å². The molecule has 1 N–H and O–H groups in total. The molecule has 17 heavy (non-hydrogen) atoms. The molecule has 0 aliphatic carbocycles. The molecule has 0 aromatic heterocycles. The Balaban J connectivity index is 0.00000256. The molecule has 1 rings (SSSR count). The first-order valence-corrected chi connectivity index (χ1v) is 7.72. The maximum Gasteiger partial charge on any atom is 0.312 e. The van der Waals surface area contributed by atoms with Gasteiger partial charge >= 0.3 is 6.64 Å². The van der Waals surface area contributed by atoms with Gasteiger partial charge in [0, 0.05) is 44.1 Å². The van der Waals surface area contributed by atoms with E-state index in [1.807, 2.05) is 13.7 Å². The van der Waals surface area contributed by atoms with Crippen molar-refractivity contribution in [1.82, 2.24) is 0 Å². The van der Waals surface area contributed by atoms with E-state index in [2.05, 4.69) is 9.12 Å². The van der Waals surface area contributed by atoms with E-state index >= 15 is 0 Å². The molecule has 0 spiro atoms. The summed E-state index contributed by atoms with van der Waals surface area (Å²) in [6, 6.07) is 0. The van der Waals surface area contributed by atoms with Gasteiger partial charge in [-0.1, -0.05) is 6.82 Å². The van der Waals surface area contributed by atoms with Crippen LogP contribution < -0.4 is 0 Å². The Bertz CT molecular complexity index is 226. The largest absolute Gasteiger partial charge is 0.424 e. The van der Waals surface area contributed by atoms with Crippen LogP contribution >= 0.6 is 17.1 Å². The molecule has 0 amide bonds. The van der Waals surface area contributed by atoms with Gasteiger partial charge in [0.1, 0.15) is 19.8 Å². The smallest absolute Gasteiger partial charge is 0.312 e. The quantitative estimate of drug-likeness (QED) is 0.466. The average molecular weight is 489 g/mol. The predicted octanol–water partition coefficient (Wildman–Crippen LogP) is 0.640. The van der Waals surface area contributed by atoms with Gasteiger partial charge in [0.05, 0.1) is 18.8 Å². The van der Waals surface area contributed by atoms with Crippen LogP contribution in [0.15, 0.2) is 0 Å². The van der Waals surface area contributed by atoms with Gasteiger partial charge < -0.3 is 19.0 Å². The van der Waals surface area contributed by atoms with E-state index in [0.717, 1.165) is 0 Å². The minimum atomic E-state index is -1.02. The molecular weight excluding hydrogens is 471 g/mol. The summed E-state index contributed by atoms with van der Waals surface area (Å²) in [5, 5.41) is 9.99. The third kappa shape index (κ3) is 6.50. The fraction of sp³-hybridized carbons (Fsp3) is 1.00. The summed E-state index contributed by atoms with van der Waals surface area (Å²) in [7, 11) is 7.18. The van der Waals surface area contributed by atoms with Gasteiger partial charge in [0.15, 0.2) is 0 Å². The average Bonchev–Trinajstić information content (AvgIpc) is 2.16. The number of hydrogen-bond donors (Lipinski definition) is 1. The molecule has 0 saturated carbocycles. The van der Waals surface area contributed by atoms with Gasteiger partial charge in [-0.15, -0.1) is 9.12 Å². The molecule has 3 radical (unpaired) electrons. The molecule has 1 heterocycles. The van der Waals surface area contributed by atoms with Crippen molar-refractivity contribution in [3.63, 3.8) is 0 Å². The Morgan fingerprint density at radius 2 is 2.18 bits per heavy atom. The van der Waals surface area contributed by atoms with Gasteiger partial charge in [-0.3, -0.25) is 0 Å². The molecule has 1 aliphatic heterocycles. The zero-order valence-corrected chi connectivity index (χ0v) is 17.2. The SMILES string of the molecule is [Ac].[B]P(C)O[C@@H]1[C@@H](O)[C@H](C)OC[C@H]1OB(C)P. The van der Waals surface area contributed by atoms with E-state index in [-0.39, 0.29) is 62.9 Å². The van der Waals surface area contributed by atoms with Crippen LogP contribution in [-0.4, -0.2) is 57.0 Å². The number of aliphatic hydroxyl groups excluding tert-OH is 1. The molecule has 93 valence electrons. The molecule has 2 unspecified atom stereocenters. The summed E-state index contributed by atoms with van der Waals surface area (Å²) >= 11 is 0. The van der Waals surface area contributed by atoms with Crippen LogP contribution in [-0.2, 0) is 13.9 Å². The van der Waals surface area contributed by atoms with Gasteiger partial charge in [0.2, 0.25) is 0 Å². The van der Waals surface area contributed by atoms with Crippen molar-refractivity contribution < 1.29 is 63.1 Å². The van der Waals surface area contributed by atoms with E-state index in [9.17, 15) is 5.11 Å². The first-order chi connectivity index (χ1) is 7.41. The van der Waals surface area contributed by atoms with Crippen LogP contribution in [0.25, 0.3) is 0 Å². The van der Waals surface area contributed by atoms with Crippen molar-refractivity contribution in [3.05, 3.63) is 0 Å². The second kappa shape index (κ2) is 9.25. The van der Waals surface area contributed by atoms with Crippen molar-refractivity contribution in [2.75, 3.05) is 13.3 Å². The Morgan fingerprint density at radius 1 is 1.59 bits per heavy atom. The zero-order chi connectivity index (χ0) is 12.3. The Labute approximate surface area is 144 Å². The van der Waals surface area contributed by atoms with Crippen molar-refractivity contribution in [2.45, 2.75) is 38.2 Å². The van der Waals surface area contributed by atoms with E-state index in [4.69, 9.17) is 21.5 Å². The Hall–Kier alpha value is 2.27. The van der Waals surface area contributed by atoms with Gasteiger partial charge in [-0.05, 0) is 21.6 Å². The molecular formula is C8H18AcB2O4P2. The molecule has 0 aromatic rings. The minimum absolute atomic E-state index is 0. The summed E-state index contributed by atoms with van der Waals surface area (Å²) < 4.78 is 16.6.